The van der Waals surface area contributed by atoms with E-state index in [0.717, 1.165) is 12.8 Å². The van der Waals surface area contributed by atoms with Crippen molar-refractivity contribution in [2.24, 2.45) is 0 Å². The van der Waals surface area contributed by atoms with Gasteiger partial charge in [-0.1, -0.05) is 58.3 Å². The Labute approximate surface area is 121 Å². The van der Waals surface area contributed by atoms with Crippen molar-refractivity contribution in [3.8, 4) is 0 Å². The molecular weight excluding hydrogens is 256 g/mol. The van der Waals surface area contributed by atoms with Crippen molar-refractivity contribution in [1.29, 1.82) is 0 Å². The largest absolute Gasteiger partial charge is 0.423 e. The van der Waals surface area contributed by atoms with Crippen LogP contribution in [0.25, 0.3) is 0 Å². The molecule has 0 amide bonds. The van der Waals surface area contributed by atoms with Crippen LogP contribution in [0.5, 0.6) is 0 Å². The molecule has 0 aromatic heterocycles. The van der Waals surface area contributed by atoms with Crippen LogP contribution in [0.15, 0.2) is 12.2 Å². The van der Waals surface area contributed by atoms with Crippen molar-refractivity contribution in [2.75, 3.05) is 0 Å². The van der Waals surface area contributed by atoms with Crippen molar-refractivity contribution >= 4 is 5.97 Å². The normalized spacial score (nSPS) is 31.6. The lowest BCUT2D eigenvalue weighted by Gasteiger charge is -2.47. The summed E-state index contributed by atoms with van der Waals surface area (Å²) in [6.07, 6.45) is 12.9. The van der Waals surface area contributed by atoms with Crippen molar-refractivity contribution in [1.82, 2.24) is 0 Å². The van der Waals surface area contributed by atoms with Gasteiger partial charge in [0.15, 0.2) is 0 Å². The quantitative estimate of drug-likeness (QED) is 0.521. The molecule has 4 heteroatoms. The molecule has 3 atom stereocenters. The van der Waals surface area contributed by atoms with Gasteiger partial charge in [-0.25, -0.2) is 4.79 Å². The fourth-order valence-electron chi connectivity index (χ4n) is 2.89. The Morgan fingerprint density at radius 1 is 1.15 bits per heavy atom. The number of unbranched alkanes of at least 4 members (excludes halogenated alkanes) is 7. The first-order chi connectivity index (χ1) is 9.68. The van der Waals surface area contributed by atoms with Gasteiger partial charge in [-0.2, -0.15) is 0 Å². The zero-order chi connectivity index (χ0) is 14.4. The van der Waals surface area contributed by atoms with E-state index in [9.17, 15) is 9.90 Å². The topological polar surface area (TPSA) is 55.8 Å². The minimum absolute atomic E-state index is 0.189. The van der Waals surface area contributed by atoms with Crippen LogP contribution in [0.3, 0.4) is 0 Å². The Hall–Kier alpha value is -0.870. The summed E-state index contributed by atoms with van der Waals surface area (Å²) in [5, 5.41) is 10.0. The molecule has 0 aliphatic carbocycles. The number of hydrogen-bond acceptors (Lipinski definition) is 4. The second-order valence-electron chi connectivity index (χ2n) is 5.84. The molecule has 3 unspecified atom stereocenters. The highest BCUT2D eigenvalue weighted by molar-refractivity contribution is 5.85. The first-order valence-corrected chi connectivity index (χ1v) is 7.96. The molecule has 20 heavy (non-hydrogen) atoms. The van der Waals surface area contributed by atoms with Gasteiger partial charge in [-0.15, -0.1) is 0 Å². The molecule has 1 spiro atoms. The van der Waals surface area contributed by atoms with E-state index >= 15 is 0 Å². The van der Waals surface area contributed by atoms with Crippen molar-refractivity contribution in [2.45, 2.75) is 82.7 Å². The van der Waals surface area contributed by atoms with Gasteiger partial charge < -0.3 is 14.6 Å². The van der Waals surface area contributed by atoms with E-state index in [-0.39, 0.29) is 6.10 Å². The smallest absolute Gasteiger partial charge is 0.333 e. The van der Waals surface area contributed by atoms with Crippen molar-refractivity contribution < 1.29 is 19.4 Å². The van der Waals surface area contributed by atoms with Crippen LogP contribution in [-0.2, 0) is 14.3 Å². The Balaban J connectivity index is 1.50. The zero-order valence-corrected chi connectivity index (χ0v) is 12.3. The minimum Gasteiger partial charge on any atom is -0.423 e. The lowest BCUT2D eigenvalue weighted by atomic mass is 9.92. The maximum absolute atomic E-state index is 11.0. The van der Waals surface area contributed by atoms with E-state index in [2.05, 4.69) is 6.92 Å². The molecule has 1 N–H and O–H groups in total. The molecule has 2 aliphatic heterocycles. The lowest BCUT2D eigenvalue weighted by Crippen LogP contribution is -2.63. The number of carbonyl (C=O) groups is 1. The number of ether oxygens (including phenoxy) is 2. The third kappa shape index (κ3) is 3.61. The second kappa shape index (κ2) is 7.23. The highest BCUT2D eigenvalue weighted by atomic mass is 16.8. The van der Waals surface area contributed by atoms with Crippen molar-refractivity contribution in [3.05, 3.63) is 12.2 Å². The zero-order valence-electron chi connectivity index (χ0n) is 12.3. The molecule has 2 aliphatic rings. The van der Waals surface area contributed by atoms with Crippen LogP contribution in [0.2, 0.25) is 0 Å². The summed E-state index contributed by atoms with van der Waals surface area (Å²) in [7, 11) is 0. The number of esters is 1. The third-order valence-corrected chi connectivity index (χ3v) is 4.15. The number of aliphatic hydroxyl groups excluding tert-OH is 1. The molecule has 1 fully saturated rings. The Kier molecular flexibility index (Phi) is 5.61. The average Bonchev–Trinajstić information content (AvgIpc) is 2.84. The van der Waals surface area contributed by atoms with Crippen LogP contribution in [0.1, 0.15) is 64.7 Å². The van der Waals surface area contributed by atoms with Crippen LogP contribution < -0.4 is 0 Å². The first-order valence-electron chi connectivity index (χ1n) is 7.96. The van der Waals surface area contributed by atoms with Crippen LogP contribution >= 0.6 is 0 Å². The SMILES string of the molecule is CCCCCCCCCCC1OC2(C=CC(=O)O2)C1O. The Bertz CT molecular complexity index is 352. The van der Waals surface area contributed by atoms with Crippen LogP contribution in [-0.4, -0.2) is 29.1 Å². The summed E-state index contributed by atoms with van der Waals surface area (Å²) >= 11 is 0. The fraction of sp³-hybridized carbons (Fsp3) is 0.812. The van der Waals surface area contributed by atoms with E-state index in [4.69, 9.17) is 9.47 Å². The summed E-state index contributed by atoms with van der Waals surface area (Å²) in [6, 6.07) is 0. The molecule has 114 valence electrons. The van der Waals surface area contributed by atoms with E-state index in [0.29, 0.717) is 0 Å². The predicted octanol–water partition coefficient (Wildman–Crippen LogP) is 3.09. The summed E-state index contributed by atoms with van der Waals surface area (Å²) < 4.78 is 10.5. The Morgan fingerprint density at radius 3 is 2.35 bits per heavy atom. The van der Waals surface area contributed by atoms with Crippen LogP contribution in [0, 0.1) is 0 Å². The van der Waals surface area contributed by atoms with Gasteiger partial charge in [-0.05, 0) is 12.5 Å². The highest BCUT2D eigenvalue weighted by Crippen LogP contribution is 2.40. The van der Waals surface area contributed by atoms with Gasteiger partial charge in [0.05, 0.1) is 6.10 Å². The molecule has 2 rings (SSSR count). The molecule has 0 aromatic carbocycles. The van der Waals surface area contributed by atoms with Gasteiger partial charge >= 0.3 is 5.97 Å². The first kappa shape index (κ1) is 15.5. The van der Waals surface area contributed by atoms with Gasteiger partial charge in [-0.3, -0.25) is 0 Å². The standard InChI is InChI=1S/C16H26O4/c1-2-3-4-5-6-7-8-9-10-13-15(18)16(19-13)12-11-14(17)20-16/h11-13,15,18H,2-10H2,1H3. The maximum atomic E-state index is 11.0. The summed E-state index contributed by atoms with van der Waals surface area (Å²) in [4.78, 5) is 11.0. The summed E-state index contributed by atoms with van der Waals surface area (Å²) in [6.45, 7) is 2.23. The van der Waals surface area contributed by atoms with Crippen molar-refractivity contribution in [3.63, 3.8) is 0 Å². The molecule has 2 heterocycles. The minimum atomic E-state index is -1.16. The number of carbonyl (C=O) groups excluding carboxylic acids is 1. The van der Waals surface area contributed by atoms with E-state index in [1.807, 2.05) is 0 Å². The van der Waals surface area contributed by atoms with E-state index < -0.39 is 17.9 Å². The number of hydrogen-bond donors (Lipinski definition) is 1. The molecule has 0 aromatic rings. The van der Waals surface area contributed by atoms with Gasteiger partial charge in [0, 0.05) is 6.08 Å². The van der Waals surface area contributed by atoms with Gasteiger partial charge in [0.2, 0.25) is 0 Å². The summed E-state index contributed by atoms with van der Waals surface area (Å²) in [5.41, 5.74) is 0. The molecule has 0 bridgehead atoms. The fourth-order valence-corrected chi connectivity index (χ4v) is 2.89. The van der Waals surface area contributed by atoms with Gasteiger partial charge in [0.1, 0.15) is 6.10 Å². The molecular formula is C16H26O4. The van der Waals surface area contributed by atoms with Gasteiger partial charge in [0.25, 0.3) is 5.79 Å². The summed E-state index contributed by atoms with van der Waals surface area (Å²) in [5.74, 6) is -1.60. The monoisotopic (exact) mass is 282 g/mol. The Morgan fingerprint density at radius 2 is 1.80 bits per heavy atom. The average molecular weight is 282 g/mol. The number of aliphatic hydroxyl groups is 1. The van der Waals surface area contributed by atoms with E-state index in [1.165, 1.54) is 57.1 Å². The lowest BCUT2D eigenvalue weighted by molar-refractivity contribution is -0.354. The second-order valence-corrected chi connectivity index (χ2v) is 5.84. The van der Waals surface area contributed by atoms with E-state index in [1.54, 1.807) is 0 Å². The molecule has 0 radical (unpaired) electrons. The molecule has 0 saturated carbocycles. The number of rotatable bonds is 9. The maximum Gasteiger partial charge on any atom is 0.333 e. The predicted molar refractivity (Wildman–Crippen MR) is 76.1 cm³/mol. The molecule has 1 saturated heterocycles. The molecule has 4 nitrogen and oxygen atoms in total. The highest BCUT2D eigenvalue weighted by Gasteiger charge is 2.58. The third-order valence-electron chi connectivity index (χ3n) is 4.15. The van der Waals surface area contributed by atoms with Crippen LogP contribution in [0.4, 0.5) is 0 Å².